The number of carbonyl (C=O) groups excluding carboxylic acids is 5. The summed E-state index contributed by atoms with van der Waals surface area (Å²) in [6.07, 6.45) is 2.02. The van der Waals surface area contributed by atoms with Crippen molar-refractivity contribution < 1.29 is 32.8 Å². The quantitative estimate of drug-likeness (QED) is 0.353. The van der Waals surface area contributed by atoms with Gasteiger partial charge < -0.3 is 31.5 Å². The molecule has 0 aromatic carbocycles. The number of urea groups is 1. The predicted octanol–water partition coefficient (Wildman–Crippen LogP) is 0.964. The maximum atomic E-state index is 14.0. The molecular formula is C28H42F2N6O5. The molecule has 3 unspecified atom stereocenters. The number of carbonyl (C=O) groups is 5. The standard InChI is InChI=1S/C28H42F2N6O5/c1-25(2,3)19(33-24(41)35-9-8-28(29,30)13-35)23(40)36-12-15-17(26(15,4)5)18(36)22(39)32-16(20(31)37)10-14-11-27(6-7-27)34-21(14)38/h14-19H,6-13H2,1-5H3,(H2,31,37)(H,32,39)(H,33,41)(H,34,38)/t14-,15?,16+,17?,18?,19-/m1/s1. The van der Waals surface area contributed by atoms with Crippen LogP contribution in [-0.2, 0) is 19.2 Å². The molecular weight excluding hydrogens is 538 g/mol. The first-order valence-corrected chi connectivity index (χ1v) is 14.5. The highest BCUT2D eigenvalue weighted by Crippen LogP contribution is 2.65. The van der Waals surface area contributed by atoms with Crippen LogP contribution in [0.2, 0.25) is 0 Å². The topological polar surface area (TPSA) is 154 Å². The molecule has 0 bridgehead atoms. The molecule has 5 fully saturated rings. The molecule has 228 valence electrons. The van der Waals surface area contributed by atoms with Gasteiger partial charge in [0.25, 0.3) is 5.92 Å². The van der Waals surface area contributed by atoms with Crippen molar-refractivity contribution in [2.45, 2.75) is 96.3 Å². The second-order valence-corrected chi connectivity index (χ2v) is 14.5. The minimum absolute atomic E-state index is 0.0400. The van der Waals surface area contributed by atoms with Gasteiger partial charge in [0.1, 0.15) is 18.1 Å². The Balaban J connectivity index is 1.32. The van der Waals surface area contributed by atoms with Gasteiger partial charge in [0.15, 0.2) is 0 Å². The molecule has 0 aromatic rings. The Morgan fingerprint density at radius 3 is 2.29 bits per heavy atom. The van der Waals surface area contributed by atoms with E-state index in [0.29, 0.717) is 6.42 Å². The molecule has 5 N–H and O–H groups in total. The van der Waals surface area contributed by atoms with Gasteiger partial charge in [0, 0.05) is 31.0 Å². The molecule has 3 aliphatic heterocycles. The third-order valence-electron chi connectivity index (χ3n) is 10.0. The van der Waals surface area contributed by atoms with Gasteiger partial charge in [-0.3, -0.25) is 19.2 Å². The van der Waals surface area contributed by atoms with Gasteiger partial charge in [-0.2, -0.15) is 0 Å². The zero-order chi connectivity index (χ0) is 30.3. The number of rotatable bonds is 7. The van der Waals surface area contributed by atoms with Crippen molar-refractivity contribution in [3.05, 3.63) is 0 Å². The normalized spacial score (nSPS) is 31.7. The molecule has 3 heterocycles. The average molecular weight is 581 g/mol. The number of nitrogens with two attached hydrogens (primary N) is 1. The van der Waals surface area contributed by atoms with Crippen LogP contribution in [0.3, 0.4) is 0 Å². The lowest BCUT2D eigenvalue weighted by molar-refractivity contribution is -0.144. The summed E-state index contributed by atoms with van der Waals surface area (Å²) in [6, 6.07) is -3.82. The van der Waals surface area contributed by atoms with E-state index in [2.05, 4.69) is 16.0 Å². The molecule has 41 heavy (non-hydrogen) atoms. The Bertz CT molecular complexity index is 1170. The fraction of sp³-hybridized carbons (Fsp3) is 0.821. The van der Waals surface area contributed by atoms with Crippen molar-refractivity contribution in [3.8, 4) is 0 Å². The highest BCUT2D eigenvalue weighted by Gasteiger charge is 2.70. The fourth-order valence-corrected chi connectivity index (χ4v) is 7.19. The number of hydrogen-bond donors (Lipinski definition) is 4. The summed E-state index contributed by atoms with van der Waals surface area (Å²) >= 11 is 0. The van der Waals surface area contributed by atoms with Crippen molar-refractivity contribution >= 4 is 29.7 Å². The number of alkyl halides is 2. The molecule has 11 nitrogen and oxygen atoms in total. The van der Waals surface area contributed by atoms with E-state index in [9.17, 15) is 32.8 Å². The third kappa shape index (κ3) is 5.48. The van der Waals surface area contributed by atoms with Crippen LogP contribution in [0.4, 0.5) is 13.6 Å². The maximum Gasteiger partial charge on any atom is 0.318 e. The number of amides is 6. The third-order valence-corrected chi connectivity index (χ3v) is 10.0. The van der Waals surface area contributed by atoms with Crippen LogP contribution >= 0.6 is 0 Å². The van der Waals surface area contributed by atoms with Crippen LogP contribution in [0.1, 0.15) is 66.7 Å². The zero-order valence-electron chi connectivity index (χ0n) is 24.4. The van der Waals surface area contributed by atoms with Crippen molar-refractivity contribution in [3.63, 3.8) is 0 Å². The van der Waals surface area contributed by atoms with Crippen LogP contribution in [0.15, 0.2) is 0 Å². The Labute approximate surface area is 238 Å². The summed E-state index contributed by atoms with van der Waals surface area (Å²) in [7, 11) is 0. The predicted molar refractivity (Wildman–Crippen MR) is 143 cm³/mol. The molecule has 5 rings (SSSR count). The average Bonchev–Trinajstić information content (AvgIpc) is 3.45. The van der Waals surface area contributed by atoms with Gasteiger partial charge in [0.2, 0.25) is 23.6 Å². The Kier molecular flexibility index (Phi) is 6.85. The minimum atomic E-state index is -2.97. The number of hydrogen-bond acceptors (Lipinski definition) is 5. The van der Waals surface area contributed by atoms with Crippen molar-refractivity contribution in [1.29, 1.82) is 0 Å². The van der Waals surface area contributed by atoms with Crippen LogP contribution in [-0.4, -0.2) is 88.7 Å². The number of nitrogens with zero attached hydrogens (tertiary/aromatic N) is 2. The first-order chi connectivity index (χ1) is 18.9. The van der Waals surface area contributed by atoms with E-state index in [4.69, 9.17) is 5.73 Å². The maximum absolute atomic E-state index is 14.0. The Morgan fingerprint density at radius 2 is 1.78 bits per heavy atom. The van der Waals surface area contributed by atoms with Gasteiger partial charge in [-0.15, -0.1) is 0 Å². The second-order valence-electron chi connectivity index (χ2n) is 14.5. The fourth-order valence-electron chi connectivity index (χ4n) is 7.19. The molecule has 3 saturated heterocycles. The van der Waals surface area contributed by atoms with E-state index in [0.717, 1.165) is 17.7 Å². The second kappa shape index (κ2) is 9.52. The molecule has 1 spiro atoms. The van der Waals surface area contributed by atoms with E-state index in [1.54, 1.807) is 20.8 Å². The molecule has 2 aliphatic carbocycles. The molecule has 6 amide bonds. The monoisotopic (exact) mass is 580 g/mol. The molecule has 2 saturated carbocycles. The molecule has 5 aliphatic rings. The van der Waals surface area contributed by atoms with Gasteiger partial charge in [-0.05, 0) is 48.3 Å². The van der Waals surface area contributed by atoms with Crippen molar-refractivity contribution in [1.82, 2.24) is 25.8 Å². The van der Waals surface area contributed by atoms with E-state index >= 15 is 0 Å². The molecule has 0 aromatic heterocycles. The van der Waals surface area contributed by atoms with E-state index in [-0.39, 0.29) is 48.2 Å². The van der Waals surface area contributed by atoms with E-state index in [1.807, 2.05) is 13.8 Å². The minimum Gasteiger partial charge on any atom is -0.368 e. The number of likely N-dealkylation sites (tertiary alicyclic amines) is 2. The highest BCUT2D eigenvalue weighted by atomic mass is 19.3. The summed E-state index contributed by atoms with van der Waals surface area (Å²) in [5.74, 6) is -5.47. The molecule has 6 atom stereocenters. The van der Waals surface area contributed by atoms with Crippen molar-refractivity contribution in [2.24, 2.45) is 34.3 Å². The lowest BCUT2D eigenvalue weighted by Crippen LogP contribution is -2.61. The zero-order valence-corrected chi connectivity index (χ0v) is 24.4. The summed E-state index contributed by atoms with van der Waals surface area (Å²) in [5, 5.41) is 8.38. The van der Waals surface area contributed by atoms with Gasteiger partial charge in [-0.1, -0.05) is 34.6 Å². The van der Waals surface area contributed by atoms with Gasteiger partial charge >= 0.3 is 6.03 Å². The highest BCUT2D eigenvalue weighted by molar-refractivity contribution is 5.96. The Hall–Kier alpha value is -2.99. The number of fused-ring (bicyclic) bond motifs is 1. The van der Waals surface area contributed by atoms with E-state index in [1.165, 1.54) is 4.90 Å². The van der Waals surface area contributed by atoms with Crippen LogP contribution in [0, 0.1) is 28.6 Å². The smallest absolute Gasteiger partial charge is 0.318 e. The summed E-state index contributed by atoms with van der Waals surface area (Å²) in [5.41, 5.74) is 4.46. The van der Waals surface area contributed by atoms with Gasteiger partial charge in [-0.25, -0.2) is 13.6 Å². The Morgan fingerprint density at radius 1 is 1.12 bits per heavy atom. The first kappa shape index (κ1) is 29.5. The van der Waals surface area contributed by atoms with Gasteiger partial charge in [0.05, 0.1) is 6.54 Å². The molecule has 0 radical (unpaired) electrons. The van der Waals surface area contributed by atoms with Crippen molar-refractivity contribution in [2.75, 3.05) is 19.6 Å². The summed E-state index contributed by atoms with van der Waals surface area (Å²) < 4.78 is 27.5. The summed E-state index contributed by atoms with van der Waals surface area (Å²) in [6.45, 7) is 8.76. The summed E-state index contributed by atoms with van der Waals surface area (Å²) in [4.78, 5) is 68.0. The number of primary amides is 1. The number of halogens is 2. The first-order valence-electron chi connectivity index (χ1n) is 14.5. The van der Waals surface area contributed by atoms with Crippen LogP contribution < -0.4 is 21.7 Å². The largest absolute Gasteiger partial charge is 0.368 e. The van der Waals surface area contributed by atoms with Crippen LogP contribution in [0.25, 0.3) is 0 Å². The number of nitrogens with one attached hydrogen (secondary N) is 3. The lowest BCUT2D eigenvalue weighted by Gasteiger charge is -2.38. The SMILES string of the molecule is CC1(C)C2CN(C(=O)[C@@H](NC(=O)N3CCC(F)(F)C3)C(C)(C)C)C(C(=O)N[C@@H](C[C@@H]3CC4(CC4)NC3=O)C(N)=O)C21. The molecule has 13 heteroatoms. The lowest BCUT2D eigenvalue weighted by atomic mass is 9.85. The van der Waals surface area contributed by atoms with E-state index < -0.39 is 72.1 Å². The van der Waals surface area contributed by atoms with Crippen LogP contribution in [0.5, 0.6) is 0 Å². The number of piperidine rings is 1.